The molecule has 0 bridgehead atoms. The lowest BCUT2D eigenvalue weighted by Gasteiger charge is -2.15. The van der Waals surface area contributed by atoms with Gasteiger partial charge < -0.3 is 10.4 Å². The highest BCUT2D eigenvalue weighted by Crippen LogP contribution is 2.24. The van der Waals surface area contributed by atoms with Crippen LogP contribution < -0.4 is 5.32 Å². The Kier molecular flexibility index (Phi) is 5.49. The maximum atomic E-state index is 12.4. The first kappa shape index (κ1) is 18.1. The molecular weight excluding hydrogens is 324 g/mol. The van der Waals surface area contributed by atoms with Crippen molar-refractivity contribution in [2.24, 2.45) is 0 Å². The number of carbonyl (C=O) groups is 2. The fraction of sp³-hybridized carbons (Fsp3) is 0.222. The van der Waals surface area contributed by atoms with E-state index in [2.05, 4.69) is 5.32 Å². The topological polar surface area (TPSA) is 110 Å². The number of aryl methyl sites for hydroxylation is 2. The zero-order valence-corrected chi connectivity index (χ0v) is 13.9. The number of nitro benzene ring substituents is 1. The van der Waals surface area contributed by atoms with Gasteiger partial charge in [-0.25, -0.2) is 4.79 Å². The number of benzene rings is 2. The number of carboxylic acid groups (broad SMARTS) is 1. The number of aliphatic carboxylic acids is 1. The lowest BCUT2D eigenvalue weighted by Crippen LogP contribution is -2.42. The van der Waals surface area contributed by atoms with E-state index in [1.807, 2.05) is 6.07 Å². The van der Waals surface area contributed by atoms with E-state index in [-0.39, 0.29) is 17.7 Å². The van der Waals surface area contributed by atoms with Crippen molar-refractivity contribution >= 4 is 17.6 Å². The van der Waals surface area contributed by atoms with Gasteiger partial charge in [0, 0.05) is 23.1 Å². The van der Waals surface area contributed by atoms with Crippen LogP contribution in [0, 0.1) is 24.0 Å². The van der Waals surface area contributed by atoms with Crippen molar-refractivity contribution in [3.63, 3.8) is 0 Å². The Hall–Kier alpha value is -3.22. The van der Waals surface area contributed by atoms with Gasteiger partial charge in [-0.3, -0.25) is 14.9 Å². The van der Waals surface area contributed by atoms with Gasteiger partial charge in [-0.2, -0.15) is 0 Å². The molecule has 2 aromatic rings. The molecule has 0 aliphatic rings. The number of nitrogens with one attached hydrogen (secondary N) is 1. The average molecular weight is 342 g/mol. The monoisotopic (exact) mass is 342 g/mol. The fourth-order valence-corrected chi connectivity index (χ4v) is 2.67. The molecule has 1 amide bonds. The molecule has 0 fully saturated rings. The molecule has 0 heterocycles. The Bertz CT molecular complexity index is 794. The number of rotatable bonds is 6. The molecule has 7 heteroatoms. The number of nitrogens with zero attached hydrogens (tertiary/aromatic N) is 1. The van der Waals surface area contributed by atoms with Crippen molar-refractivity contribution in [3.05, 3.63) is 74.8 Å². The van der Waals surface area contributed by atoms with Crippen molar-refractivity contribution in [3.8, 4) is 0 Å². The van der Waals surface area contributed by atoms with Gasteiger partial charge in [-0.05, 0) is 31.5 Å². The minimum Gasteiger partial charge on any atom is -0.480 e. The van der Waals surface area contributed by atoms with E-state index in [9.17, 15) is 24.8 Å². The lowest BCUT2D eigenvalue weighted by atomic mass is 10.0. The second-order valence-corrected chi connectivity index (χ2v) is 5.77. The van der Waals surface area contributed by atoms with Crippen molar-refractivity contribution in [1.29, 1.82) is 0 Å². The maximum Gasteiger partial charge on any atom is 0.326 e. The van der Waals surface area contributed by atoms with E-state index in [0.29, 0.717) is 11.1 Å². The first-order valence-corrected chi connectivity index (χ1v) is 7.63. The highest BCUT2D eigenvalue weighted by Gasteiger charge is 2.23. The van der Waals surface area contributed by atoms with Crippen LogP contribution in [0.15, 0.2) is 42.5 Å². The van der Waals surface area contributed by atoms with Crippen molar-refractivity contribution < 1.29 is 19.6 Å². The highest BCUT2D eigenvalue weighted by atomic mass is 16.6. The summed E-state index contributed by atoms with van der Waals surface area (Å²) in [6, 6.07) is 10.7. The number of carboxylic acids is 1. The summed E-state index contributed by atoms with van der Waals surface area (Å²) in [7, 11) is 0. The first-order valence-electron chi connectivity index (χ1n) is 7.63. The van der Waals surface area contributed by atoms with Gasteiger partial charge in [0.15, 0.2) is 0 Å². The third kappa shape index (κ3) is 4.41. The molecule has 1 atom stereocenters. The molecule has 0 radical (unpaired) electrons. The summed E-state index contributed by atoms with van der Waals surface area (Å²) < 4.78 is 0. The van der Waals surface area contributed by atoms with E-state index in [0.717, 1.165) is 5.56 Å². The van der Waals surface area contributed by atoms with Crippen LogP contribution in [-0.4, -0.2) is 27.9 Å². The summed E-state index contributed by atoms with van der Waals surface area (Å²) in [4.78, 5) is 34.4. The number of hydrogen-bond donors (Lipinski definition) is 2. The Morgan fingerprint density at radius 2 is 1.72 bits per heavy atom. The summed E-state index contributed by atoms with van der Waals surface area (Å²) in [6.07, 6.45) is 0.146. The Morgan fingerprint density at radius 1 is 1.16 bits per heavy atom. The molecule has 0 saturated heterocycles. The van der Waals surface area contributed by atoms with Gasteiger partial charge in [0.2, 0.25) is 0 Å². The van der Waals surface area contributed by atoms with Crippen molar-refractivity contribution in [1.82, 2.24) is 5.32 Å². The van der Waals surface area contributed by atoms with E-state index in [1.165, 1.54) is 12.1 Å². The van der Waals surface area contributed by atoms with Crippen LogP contribution >= 0.6 is 0 Å². The summed E-state index contributed by atoms with van der Waals surface area (Å²) >= 11 is 0. The maximum absolute atomic E-state index is 12.4. The summed E-state index contributed by atoms with van der Waals surface area (Å²) in [5.74, 6) is -1.73. The molecule has 2 rings (SSSR count). The number of amides is 1. The average Bonchev–Trinajstić information content (AvgIpc) is 2.53. The van der Waals surface area contributed by atoms with Crippen molar-refractivity contribution in [2.75, 3.05) is 0 Å². The summed E-state index contributed by atoms with van der Waals surface area (Å²) in [5, 5.41) is 22.8. The van der Waals surface area contributed by atoms with Gasteiger partial charge in [0.1, 0.15) is 6.04 Å². The smallest absolute Gasteiger partial charge is 0.326 e. The molecule has 0 aliphatic carbocycles. The van der Waals surface area contributed by atoms with Gasteiger partial charge in [0.25, 0.3) is 11.6 Å². The molecule has 0 aromatic heterocycles. The van der Waals surface area contributed by atoms with Crippen LogP contribution in [0.25, 0.3) is 0 Å². The Labute approximate surface area is 144 Å². The highest BCUT2D eigenvalue weighted by molar-refractivity contribution is 5.97. The van der Waals surface area contributed by atoms with E-state index >= 15 is 0 Å². The minimum absolute atomic E-state index is 0.0457. The normalized spacial score (nSPS) is 11.6. The largest absolute Gasteiger partial charge is 0.480 e. The van der Waals surface area contributed by atoms with Gasteiger partial charge in [0.05, 0.1) is 4.92 Å². The standard InChI is InChI=1S/C18H18N2O5/c1-11-8-14(9-12(2)16(11)20(24)25)17(21)19-15(18(22)23)10-13-6-4-3-5-7-13/h3-9,15H,10H2,1-2H3,(H,19,21)(H,22,23)/t15-/m0/s1. The quantitative estimate of drug-likeness (QED) is 0.619. The second kappa shape index (κ2) is 7.57. The molecule has 7 nitrogen and oxygen atoms in total. The minimum atomic E-state index is -1.15. The molecule has 2 N–H and O–H groups in total. The Morgan fingerprint density at radius 3 is 2.20 bits per heavy atom. The second-order valence-electron chi connectivity index (χ2n) is 5.77. The van der Waals surface area contributed by atoms with Crippen LogP contribution in [0.5, 0.6) is 0 Å². The molecule has 2 aromatic carbocycles. The summed E-state index contributed by atoms with van der Waals surface area (Å²) in [5.41, 5.74) is 1.64. The zero-order valence-electron chi connectivity index (χ0n) is 13.9. The van der Waals surface area contributed by atoms with Crippen LogP contribution in [0.2, 0.25) is 0 Å². The van der Waals surface area contributed by atoms with Crippen LogP contribution in [0.3, 0.4) is 0 Å². The number of carbonyl (C=O) groups excluding carboxylic acids is 1. The predicted molar refractivity (Wildman–Crippen MR) is 91.6 cm³/mol. The SMILES string of the molecule is Cc1cc(C(=O)N[C@@H](Cc2ccccc2)C(=O)O)cc(C)c1[N+](=O)[O-]. The van der Waals surface area contributed by atoms with Crippen LogP contribution in [-0.2, 0) is 11.2 Å². The van der Waals surface area contributed by atoms with E-state index in [4.69, 9.17) is 0 Å². The third-order valence-corrected chi connectivity index (χ3v) is 3.82. The Balaban J connectivity index is 2.21. The van der Waals surface area contributed by atoms with Crippen molar-refractivity contribution in [2.45, 2.75) is 26.3 Å². The molecule has 130 valence electrons. The molecule has 0 saturated carbocycles. The fourth-order valence-electron chi connectivity index (χ4n) is 2.67. The first-order chi connectivity index (χ1) is 11.8. The number of nitro groups is 1. The van der Waals surface area contributed by atoms with Crippen LogP contribution in [0.4, 0.5) is 5.69 Å². The van der Waals surface area contributed by atoms with Gasteiger partial charge in [-0.1, -0.05) is 30.3 Å². The predicted octanol–water partition coefficient (Wildman–Crippen LogP) is 2.64. The van der Waals surface area contributed by atoms with E-state index < -0.39 is 22.8 Å². The molecule has 0 aliphatic heterocycles. The zero-order chi connectivity index (χ0) is 18.6. The molecule has 25 heavy (non-hydrogen) atoms. The summed E-state index contributed by atoms with van der Waals surface area (Å²) in [6.45, 7) is 3.08. The molecule has 0 unspecified atom stereocenters. The lowest BCUT2D eigenvalue weighted by molar-refractivity contribution is -0.386. The van der Waals surface area contributed by atoms with E-state index in [1.54, 1.807) is 38.1 Å². The van der Waals surface area contributed by atoms with Gasteiger partial charge >= 0.3 is 5.97 Å². The third-order valence-electron chi connectivity index (χ3n) is 3.82. The van der Waals surface area contributed by atoms with Gasteiger partial charge in [-0.15, -0.1) is 0 Å². The van der Waals surface area contributed by atoms with Crippen LogP contribution in [0.1, 0.15) is 27.0 Å². The molecule has 0 spiro atoms. The molecular formula is C18H18N2O5. The number of hydrogen-bond acceptors (Lipinski definition) is 4.